The van der Waals surface area contributed by atoms with Gasteiger partial charge in [0.1, 0.15) is 5.82 Å². The molecule has 0 bridgehead atoms. The van der Waals surface area contributed by atoms with Gasteiger partial charge in [-0.05, 0) is 6.07 Å². The zero-order chi connectivity index (χ0) is 14.8. The molecule has 4 N–H and O–H groups in total. The van der Waals surface area contributed by atoms with E-state index in [9.17, 15) is 4.79 Å². The monoisotopic (exact) mass is 349 g/mol. The number of nitrogens with two attached hydrogens (primary N) is 1. The number of hydrogen-bond acceptors (Lipinski definition) is 5. The van der Waals surface area contributed by atoms with Gasteiger partial charge >= 0.3 is 0 Å². The van der Waals surface area contributed by atoms with Crippen molar-refractivity contribution >= 4 is 27.7 Å². The molecule has 0 aliphatic carbocycles. The van der Waals surface area contributed by atoms with Crippen molar-refractivity contribution in [2.45, 2.75) is 0 Å². The highest BCUT2D eigenvalue weighted by Crippen LogP contribution is 2.28. The molecule has 0 atom stereocenters. The second-order valence-electron chi connectivity index (χ2n) is 4.87. The zero-order valence-electron chi connectivity index (χ0n) is 11.4. The number of piperazine rings is 1. The molecule has 1 aromatic carbocycles. The lowest BCUT2D eigenvalue weighted by atomic mass is 10.1. The molecule has 110 valence electrons. The SMILES string of the molecule is Nc1nc(N2CCNCC2)[nH]c(=O)c1-c1ccccc1Br. The summed E-state index contributed by atoms with van der Waals surface area (Å²) in [6.07, 6.45) is 0. The van der Waals surface area contributed by atoms with Gasteiger partial charge < -0.3 is 16.0 Å². The highest BCUT2D eigenvalue weighted by atomic mass is 79.9. The number of hydrogen-bond donors (Lipinski definition) is 3. The van der Waals surface area contributed by atoms with Gasteiger partial charge in [0.05, 0.1) is 5.56 Å². The molecule has 0 saturated carbocycles. The second kappa shape index (κ2) is 5.87. The lowest BCUT2D eigenvalue weighted by Crippen LogP contribution is -2.44. The van der Waals surface area contributed by atoms with Crippen LogP contribution in [-0.4, -0.2) is 36.1 Å². The van der Waals surface area contributed by atoms with Crippen LogP contribution in [-0.2, 0) is 0 Å². The van der Waals surface area contributed by atoms with Crippen molar-refractivity contribution in [3.63, 3.8) is 0 Å². The van der Waals surface area contributed by atoms with Crippen molar-refractivity contribution < 1.29 is 0 Å². The molecule has 1 aliphatic heterocycles. The van der Waals surface area contributed by atoms with Gasteiger partial charge in [0.2, 0.25) is 5.95 Å². The summed E-state index contributed by atoms with van der Waals surface area (Å²) in [4.78, 5) is 21.7. The van der Waals surface area contributed by atoms with E-state index in [0.717, 1.165) is 36.2 Å². The fourth-order valence-electron chi connectivity index (χ4n) is 2.43. The number of H-pyrrole nitrogens is 1. The van der Waals surface area contributed by atoms with Crippen molar-refractivity contribution in [1.82, 2.24) is 15.3 Å². The minimum atomic E-state index is -0.220. The first-order valence-corrected chi connectivity index (χ1v) is 7.56. The van der Waals surface area contributed by atoms with Crippen LogP contribution in [0.1, 0.15) is 0 Å². The van der Waals surface area contributed by atoms with Gasteiger partial charge in [-0.1, -0.05) is 34.1 Å². The first-order chi connectivity index (χ1) is 10.2. The van der Waals surface area contributed by atoms with E-state index >= 15 is 0 Å². The van der Waals surface area contributed by atoms with Crippen molar-refractivity contribution in [3.05, 3.63) is 39.1 Å². The molecule has 6 nitrogen and oxygen atoms in total. The summed E-state index contributed by atoms with van der Waals surface area (Å²) in [5.74, 6) is 0.786. The quantitative estimate of drug-likeness (QED) is 0.758. The van der Waals surface area contributed by atoms with Crippen molar-refractivity contribution in [3.8, 4) is 11.1 Å². The zero-order valence-corrected chi connectivity index (χ0v) is 13.0. The standard InChI is InChI=1S/C14H16BrN5O/c15-10-4-2-1-3-9(10)11-12(16)18-14(19-13(11)21)20-7-5-17-6-8-20/h1-4,17H,5-8H2,(H3,16,18,19,21). The fourth-order valence-corrected chi connectivity index (χ4v) is 2.91. The van der Waals surface area contributed by atoms with Crippen molar-refractivity contribution in [1.29, 1.82) is 0 Å². The largest absolute Gasteiger partial charge is 0.383 e. The summed E-state index contributed by atoms with van der Waals surface area (Å²) in [6, 6.07) is 7.47. The number of aromatic nitrogens is 2. The molecule has 0 radical (unpaired) electrons. The Morgan fingerprint density at radius 1 is 1.24 bits per heavy atom. The van der Waals surface area contributed by atoms with E-state index in [0.29, 0.717) is 11.5 Å². The van der Waals surface area contributed by atoms with Gasteiger partial charge in [0.15, 0.2) is 0 Å². The van der Waals surface area contributed by atoms with E-state index in [-0.39, 0.29) is 11.4 Å². The smallest absolute Gasteiger partial charge is 0.262 e. The molecular weight excluding hydrogens is 334 g/mol. The summed E-state index contributed by atoms with van der Waals surface area (Å²) in [5.41, 5.74) is 6.97. The molecule has 21 heavy (non-hydrogen) atoms. The first kappa shape index (κ1) is 14.1. The Hall–Kier alpha value is -1.86. The van der Waals surface area contributed by atoms with Crippen LogP contribution in [0, 0.1) is 0 Å². The lowest BCUT2D eigenvalue weighted by Gasteiger charge is -2.28. The summed E-state index contributed by atoms with van der Waals surface area (Å²) in [6.45, 7) is 3.35. The van der Waals surface area contributed by atoms with E-state index in [1.54, 1.807) is 0 Å². The Morgan fingerprint density at radius 3 is 2.62 bits per heavy atom. The third kappa shape index (κ3) is 2.79. The van der Waals surface area contributed by atoms with Gasteiger partial charge in [0.25, 0.3) is 5.56 Å². The number of nitrogens with one attached hydrogen (secondary N) is 2. The molecule has 2 aromatic rings. The molecule has 0 amide bonds. The Bertz CT molecular complexity index is 709. The van der Waals surface area contributed by atoms with Gasteiger partial charge in [-0.2, -0.15) is 4.98 Å². The molecule has 0 unspecified atom stereocenters. The molecule has 2 heterocycles. The average molecular weight is 350 g/mol. The van der Waals surface area contributed by atoms with Gasteiger partial charge in [0, 0.05) is 36.2 Å². The number of nitrogens with zero attached hydrogens (tertiary/aromatic N) is 2. The minimum Gasteiger partial charge on any atom is -0.383 e. The second-order valence-corrected chi connectivity index (χ2v) is 5.72. The molecule has 1 aliphatic rings. The maximum absolute atomic E-state index is 12.4. The number of benzene rings is 1. The molecule has 1 fully saturated rings. The third-order valence-corrected chi connectivity index (χ3v) is 4.19. The van der Waals surface area contributed by atoms with Crippen LogP contribution in [0.2, 0.25) is 0 Å². The van der Waals surface area contributed by atoms with E-state index in [2.05, 4.69) is 31.2 Å². The first-order valence-electron chi connectivity index (χ1n) is 6.77. The maximum Gasteiger partial charge on any atom is 0.262 e. The number of rotatable bonds is 2. The van der Waals surface area contributed by atoms with Crippen LogP contribution in [0.15, 0.2) is 33.5 Å². The molecule has 1 aromatic heterocycles. The molecule has 7 heteroatoms. The predicted octanol–water partition coefficient (Wildman–Crippen LogP) is 1.19. The van der Waals surface area contributed by atoms with E-state index in [4.69, 9.17) is 5.73 Å². The van der Waals surface area contributed by atoms with E-state index in [1.165, 1.54) is 0 Å². The predicted molar refractivity (Wildman–Crippen MR) is 87.5 cm³/mol. The number of aromatic amines is 1. The van der Waals surface area contributed by atoms with Gasteiger partial charge in [-0.25, -0.2) is 0 Å². The Morgan fingerprint density at radius 2 is 1.95 bits per heavy atom. The Labute approximate surface area is 130 Å². The van der Waals surface area contributed by atoms with Crippen LogP contribution >= 0.6 is 15.9 Å². The van der Waals surface area contributed by atoms with Crippen LogP contribution < -0.4 is 21.5 Å². The summed E-state index contributed by atoms with van der Waals surface area (Å²) in [5, 5.41) is 3.26. The third-order valence-electron chi connectivity index (χ3n) is 3.49. The average Bonchev–Trinajstić information content (AvgIpc) is 2.49. The number of halogens is 1. The fraction of sp³-hybridized carbons (Fsp3) is 0.286. The molecule has 1 saturated heterocycles. The Kier molecular flexibility index (Phi) is 3.94. The molecule has 3 rings (SSSR count). The van der Waals surface area contributed by atoms with Crippen molar-refractivity contribution in [2.24, 2.45) is 0 Å². The van der Waals surface area contributed by atoms with Gasteiger partial charge in [-0.15, -0.1) is 0 Å². The minimum absolute atomic E-state index is 0.220. The Balaban J connectivity index is 2.05. The van der Waals surface area contributed by atoms with E-state index < -0.39 is 0 Å². The summed E-state index contributed by atoms with van der Waals surface area (Å²) >= 11 is 3.44. The van der Waals surface area contributed by atoms with Gasteiger partial charge in [-0.3, -0.25) is 9.78 Å². The summed E-state index contributed by atoms with van der Waals surface area (Å²) in [7, 11) is 0. The maximum atomic E-state index is 12.4. The van der Waals surface area contributed by atoms with E-state index in [1.807, 2.05) is 29.2 Å². The van der Waals surface area contributed by atoms with Crippen LogP contribution in [0.4, 0.5) is 11.8 Å². The van der Waals surface area contributed by atoms with Crippen LogP contribution in [0.5, 0.6) is 0 Å². The van der Waals surface area contributed by atoms with Crippen LogP contribution in [0.25, 0.3) is 11.1 Å². The normalized spacial score (nSPS) is 15.2. The topological polar surface area (TPSA) is 87.0 Å². The highest BCUT2D eigenvalue weighted by molar-refractivity contribution is 9.10. The lowest BCUT2D eigenvalue weighted by molar-refractivity contribution is 0.579. The highest BCUT2D eigenvalue weighted by Gasteiger charge is 2.18. The molecular formula is C14H16BrN5O. The number of nitrogen functional groups attached to an aromatic ring is 1. The summed E-state index contributed by atoms with van der Waals surface area (Å²) < 4.78 is 0.818. The van der Waals surface area contributed by atoms with Crippen molar-refractivity contribution in [2.75, 3.05) is 36.8 Å². The molecule has 0 spiro atoms. The van der Waals surface area contributed by atoms with Crippen LogP contribution in [0.3, 0.4) is 0 Å². The number of anilines is 2.